The van der Waals surface area contributed by atoms with E-state index in [4.69, 9.17) is 4.74 Å². The number of anilines is 2. The van der Waals surface area contributed by atoms with Crippen LogP contribution in [-0.4, -0.2) is 23.2 Å². The van der Waals surface area contributed by atoms with E-state index < -0.39 is 5.97 Å². The van der Waals surface area contributed by atoms with Gasteiger partial charge < -0.3 is 15.2 Å². The number of fused-ring (bicyclic) bond motifs is 1. The molecule has 0 saturated carbocycles. The molecule has 0 fully saturated rings. The molecule has 0 unspecified atom stereocenters. The van der Waals surface area contributed by atoms with E-state index in [9.17, 15) is 14.3 Å². The van der Waals surface area contributed by atoms with Crippen LogP contribution < -0.4 is 10.1 Å². The molecule has 0 amide bonds. The minimum absolute atomic E-state index is 0. The van der Waals surface area contributed by atoms with Gasteiger partial charge in [0, 0.05) is 17.3 Å². The third kappa shape index (κ3) is 3.38. The number of ether oxygens (including phenoxy) is 1. The first-order chi connectivity index (χ1) is 11.1. The molecule has 3 rings (SSSR count). The lowest BCUT2D eigenvalue weighted by Crippen LogP contribution is -2.05. The number of aromatic carboxylic acids is 1. The highest BCUT2D eigenvalue weighted by Gasteiger charge is 2.15. The quantitative estimate of drug-likeness (QED) is 0.737. The van der Waals surface area contributed by atoms with E-state index in [1.807, 2.05) is 0 Å². The highest BCUT2D eigenvalue weighted by Crippen LogP contribution is 2.31. The zero-order valence-corrected chi connectivity index (χ0v) is 13.4. The summed E-state index contributed by atoms with van der Waals surface area (Å²) in [7, 11) is 1.53. The summed E-state index contributed by atoms with van der Waals surface area (Å²) in [6.45, 7) is 0. The van der Waals surface area contributed by atoms with Crippen LogP contribution in [0.25, 0.3) is 10.9 Å². The topological polar surface area (TPSA) is 71.5 Å². The SMILES string of the molecule is COc1ccc2ncc(C(=O)O)c(Nc3ccc(F)cc3)c2c1.Cl. The first-order valence-corrected chi connectivity index (χ1v) is 6.81. The Hall–Kier alpha value is -2.86. The Bertz CT molecular complexity index is 885. The Morgan fingerprint density at radius 3 is 2.54 bits per heavy atom. The molecule has 0 bridgehead atoms. The van der Waals surface area contributed by atoms with E-state index in [1.54, 1.807) is 18.2 Å². The van der Waals surface area contributed by atoms with Crippen LogP contribution in [0.4, 0.5) is 15.8 Å². The number of carboxylic acids is 1. The molecule has 24 heavy (non-hydrogen) atoms. The molecule has 0 atom stereocenters. The predicted molar refractivity (Wildman–Crippen MR) is 92.2 cm³/mol. The van der Waals surface area contributed by atoms with Crippen LogP contribution in [-0.2, 0) is 0 Å². The van der Waals surface area contributed by atoms with Crippen molar-refractivity contribution < 1.29 is 19.0 Å². The molecule has 0 aliphatic rings. The van der Waals surface area contributed by atoms with Gasteiger partial charge in [-0.2, -0.15) is 0 Å². The van der Waals surface area contributed by atoms with Crippen molar-refractivity contribution in [3.63, 3.8) is 0 Å². The van der Waals surface area contributed by atoms with Crippen molar-refractivity contribution in [2.45, 2.75) is 0 Å². The second-order valence-corrected chi connectivity index (χ2v) is 4.87. The predicted octanol–water partition coefficient (Wildman–Crippen LogP) is 4.25. The summed E-state index contributed by atoms with van der Waals surface area (Å²) >= 11 is 0. The molecule has 1 aromatic heterocycles. The van der Waals surface area contributed by atoms with E-state index >= 15 is 0 Å². The number of hydrogen-bond donors (Lipinski definition) is 2. The van der Waals surface area contributed by atoms with Crippen molar-refractivity contribution in [1.82, 2.24) is 4.98 Å². The Balaban J connectivity index is 0.00000208. The summed E-state index contributed by atoms with van der Waals surface area (Å²) in [5.41, 5.74) is 1.60. The number of halogens is 2. The molecule has 3 aromatic rings. The van der Waals surface area contributed by atoms with Crippen LogP contribution in [0.15, 0.2) is 48.7 Å². The number of carbonyl (C=O) groups is 1. The van der Waals surface area contributed by atoms with Gasteiger partial charge >= 0.3 is 5.97 Å². The van der Waals surface area contributed by atoms with Gasteiger partial charge in [0.1, 0.15) is 17.1 Å². The van der Waals surface area contributed by atoms with Crippen molar-refractivity contribution in [2.24, 2.45) is 0 Å². The van der Waals surface area contributed by atoms with Gasteiger partial charge in [-0.05, 0) is 42.5 Å². The first kappa shape index (κ1) is 17.5. The Labute approximate surface area is 143 Å². The minimum atomic E-state index is -1.10. The lowest BCUT2D eigenvalue weighted by Gasteiger charge is -2.13. The number of nitrogens with zero attached hydrogens (tertiary/aromatic N) is 1. The van der Waals surface area contributed by atoms with Gasteiger partial charge in [-0.15, -0.1) is 12.4 Å². The zero-order valence-electron chi connectivity index (χ0n) is 12.6. The van der Waals surface area contributed by atoms with Gasteiger partial charge in [0.2, 0.25) is 0 Å². The fourth-order valence-corrected chi connectivity index (χ4v) is 2.27. The maximum atomic E-state index is 13.0. The molecule has 2 N–H and O–H groups in total. The molecule has 0 aliphatic heterocycles. The molecule has 0 aliphatic carbocycles. The Kier molecular flexibility index (Phi) is 5.21. The van der Waals surface area contributed by atoms with Gasteiger partial charge in [0.15, 0.2) is 0 Å². The number of benzene rings is 2. The van der Waals surface area contributed by atoms with Crippen molar-refractivity contribution in [2.75, 3.05) is 12.4 Å². The molecular weight excluding hydrogens is 335 g/mol. The first-order valence-electron chi connectivity index (χ1n) is 6.81. The maximum Gasteiger partial charge on any atom is 0.339 e. The summed E-state index contributed by atoms with van der Waals surface area (Å²) < 4.78 is 18.2. The second-order valence-electron chi connectivity index (χ2n) is 4.87. The third-order valence-electron chi connectivity index (χ3n) is 3.42. The van der Waals surface area contributed by atoms with Gasteiger partial charge in [0.25, 0.3) is 0 Å². The standard InChI is InChI=1S/C17H13FN2O3.ClH/c1-23-12-6-7-15-13(8-12)16(14(9-19-15)17(21)22)20-11-4-2-10(18)3-5-11;/h2-9H,1H3,(H,19,20)(H,21,22);1H. The number of aromatic nitrogens is 1. The number of pyridine rings is 1. The monoisotopic (exact) mass is 348 g/mol. The molecule has 0 radical (unpaired) electrons. The number of carboxylic acid groups (broad SMARTS) is 1. The van der Waals surface area contributed by atoms with Crippen LogP contribution >= 0.6 is 12.4 Å². The summed E-state index contributed by atoms with van der Waals surface area (Å²) in [6.07, 6.45) is 1.29. The molecular formula is C17H14ClFN2O3. The Morgan fingerprint density at radius 2 is 1.92 bits per heavy atom. The second kappa shape index (κ2) is 7.14. The highest BCUT2D eigenvalue weighted by molar-refractivity contribution is 6.05. The molecule has 1 heterocycles. The van der Waals surface area contributed by atoms with Crippen LogP contribution in [0.2, 0.25) is 0 Å². The highest BCUT2D eigenvalue weighted by atomic mass is 35.5. The van der Waals surface area contributed by atoms with Crippen LogP contribution in [0.3, 0.4) is 0 Å². The van der Waals surface area contributed by atoms with Gasteiger partial charge in [-0.25, -0.2) is 9.18 Å². The molecule has 124 valence electrons. The fourth-order valence-electron chi connectivity index (χ4n) is 2.27. The van der Waals surface area contributed by atoms with E-state index in [2.05, 4.69) is 10.3 Å². The normalized spacial score (nSPS) is 10.1. The summed E-state index contributed by atoms with van der Waals surface area (Å²) in [6, 6.07) is 10.9. The van der Waals surface area contributed by atoms with Crippen LogP contribution in [0, 0.1) is 5.82 Å². The molecule has 0 saturated heterocycles. The van der Waals surface area contributed by atoms with Crippen molar-refractivity contribution in [3.8, 4) is 5.75 Å². The molecule has 0 spiro atoms. The third-order valence-corrected chi connectivity index (χ3v) is 3.42. The minimum Gasteiger partial charge on any atom is -0.497 e. The zero-order chi connectivity index (χ0) is 16.4. The molecule has 5 nitrogen and oxygen atoms in total. The van der Waals surface area contributed by atoms with E-state index in [0.717, 1.165) is 0 Å². The summed E-state index contributed by atoms with van der Waals surface area (Å²) in [4.78, 5) is 15.7. The summed E-state index contributed by atoms with van der Waals surface area (Å²) in [5, 5.41) is 13.0. The lowest BCUT2D eigenvalue weighted by molar-refractivity contribution is 0.0697. The van der Waals surface area contributed by atoms with E-state index in [0.29, 0.717) is 28.0 Å². The average molecular weight is 349 g/mol. The van der Waals surface area contributed by atoms with Gasteiger partial charge in [-0.3, -0.25) is 4.98 Å². The number of nitrogens with one attached hydrogen (secondary N) is 1. The van der Waals surface area contributed by atoms with Crippen molar-refractivity contribution in [3.05, 3.63) is 60.0 Å². The van der Waals surface area contributed by atoms with Crippen LogP contribution in [0.1, 0.15) is 10.4 Å². The largest absolute Gasteiger partial charge is 0.497 e. The maximum absolute atomic E-state index is 13.0. The van der Waals surface area contributed by atoms with Crippen molar-refractivity contribution in [1.29, 1.82) is 0 Å². The van der Waals surface area contributed by atoms with Crippen LogP contribution in [0.5, 0.6) is 5.75 Å². The van der Waals surface area contributed by atoms with E-state index in [1.165, 1.54) is 37.6 Å². The average Bonchev–Trinajstić information content (AvgIpc) is 2.56. The van der Waals surface area contributed by atoms with Crippen molar-refractivity contribution >= 4 is 40.7 Å². The van der Waals surface area contributed by atoms with Gasteiger partial charge in [0.05, 0.1) is 18.3 Å². The van der Waals surface area contributed by atoms with E-state index in [-0.39, 0.29) is 23.8 Å². The number of rotatable bonds is 4. The smallest absolute Gasteiger partial charge is 0.339 e. The molecule has 7 heteroatoms. The molecule has 2 aromatic carbocycles. The fraction of sp³-hybridized carbons (Fsp3) is 0.0588. The Morgan fingerprint density at radius 1 is 1.21 bits per heavy atom. The van der Waals surface area contributed by atoms with Gasteiger partial charge in [-0.1, -0.05) is 0 Å². The lowest BCUT2D eigenvalue weighted by atomic mass is 10.1. The number of methoxy groups -OCH3 is 1. The summed E-state index contributed by atoms with van der Waals surface area (Å²) in [5.74, 6) is -0.883. The number of hydrogen-bond acceptors (Lipinski definition) is 4.